The van der Waals surface area contributed by atoms with Gasteiger partial charge in [-0.1, -0.05) is 90.9 Å². The number of rotatable bonds is 23. The summed E-state index contributed by atoms with van der Waals surface area (Å²) in [7, 11) is 1.13. The molecule has 5 amide bonds. The van der Waals surface area contributed by atoms with E-state index in [0.29, 0.717) is 12.0 Å². The average molecular weight is 796 g/mol. The Kier molecular flexibility index (Phi) is 20.4. The number of hydrogen-bond acceptors (Lipinski definition) is 10. The fourth-order valence-corrected chi connectivity index (χ4v) is 6.06. The molecule has 0 saturated carbocycles. The molecule has 2 aromatic carbocycles. The second-order valence-electron chi connectivity index (χ2n) is 15.6. The van der Waals surface area contributed by atoms with Crippen LogP contribution in [0.1, 0.15) is 95.6 Å². The van der Waals surface area contributed by atoms with Gasteiger partial charge in [0, 0.05) is 12.0 Å². The van der Waals surface area contributed by atoms with Crippen molar-refractivity contribution < 1.29 is 38.6 Å². The smallest absolute Gasteiger partial charge is 0.330 e. The number of nitrogens with zero attached hydrogens (tertiary/aromatic N) is 1. The maximum atomic E-state index is 13.8. The lowest BCUT2D eigenvalue weighted by atomic mass is 9.86. The summed E-state index contributed by atoms with van der Waals surface area (Å²) in [5, 5.41) is 22.7. The van der Waals surface area contributed by atoms with Crippen molar-refractivity contribution in [3.63, 3.8) is 0 Å². The number of benzene rings is 2. The number of hydrogen-bond donors (Lipinski definition) is 7. The number of esters is 1. The molecular formula is C42H65N7O8. The average Bonchev–Trinajstić information content (AvgIpc) is 3.18. The van der Waals surface area contributed by atoms with E-state index in [4.69, 9.17) is 5.73 Å². The van der Waals surface area contributed by atoms with Crippen LogP contribution in [0, 0.1) is 5.92 Å². The summed E-state index contributed by atoms with van der Waals surface area (Å²) in [5.74, 6) is -4.38. The maximum absolute atomic E-state index is 13.8. The quantitative estimate of drug-likeness (QED) is 0.0492. The molecule has 2 rings (SSSR count). The molecule has 5 atom stereocenters. The Hall–Kier alpha value is -4.86. The first-order valence-corrected chi connectivity index (χ1v) is 19.8. The number of carbonyl (C=O) groups is 6. The second kappa shape index (κ2) is 24.0. The highest BCUT2D eigenvalue weighted by molar-refractivity contribution is 5.99. The lowest BCUT2D eigenvalue weighted by molar-refractivity contribution is -0.146. The monoisotopic (exact) mass is 795 g/mol. The summed E-state index contributed by atoms with van der Waals surface area (Å²) in [5.41, 5.74) is 8.23. The molecule has 0 unspecified atom stereocenters. The van der Waals surface area contributed by atoms with Crippen LogP contribution >= 0.6 is 0 Å². The number of aliphatic hydroxyl groups excluding tert-OH is 1. The highest BCUT2D eigenvalue weighted by Gasteiger charge is 2.32. The Morgan fingerprint density at radius 3 is 1.84 bits per heavy atom. The van der Waals surface area contributed by atoms with Gasteiger partial charge in [-0.15, -0.1) is 0 Å². The first-order valence-electron chi connectivity index (χ1n) is 19.8. The van der Waals surface area contributed by atoms with Gasteiger partial charge in [0.05, 0.1) is 13.7 Å². The van der Waals surface area contributed by atoms with Gasteiger partial charge in [0.2, 0.25) is 17.7 Å². The summed E-state index contributed by atoms with van der Waals surface area (Å²) in [6, 6.07) is 11.5. The molecule has 0 fully saturated rings. The Morgan fingerprint density at radius 1 is 0.737 bits per heavy atom. The van der Waals surface area contributed by atoms with Crippen LogP contribution in [0.25, 0.3) is 0 Å². The third-order valence-corrected chi connectivity index (χ3v) is 9.57. The Bertz CT molecular complexity index is 1590. The fraction of sp³-hybridized carbons (Fsp3) is 0.571. The predicted octanol–water partition coefficient (Wildman–Crippen LogP) is 1.90. The van der Waals surface area contributed by atoms with E-state index in [2.05, 4.69) is 70.8 Å². The van der Waals surface area contributed by atoms with E-state index in [1.807, 2.05) is 44.2 Å². The normalized spacial score (nSPS) is 14.1. The molecule has 0 spiro atoms. The van der Waals surface area contributed by atoms with Gasteiger partial charge in [-0.05, 0) is 79.9 Å². The van der Waals surface area contributed by atoms with Crippen LogP contribution in [0.5, 0.6) is 0 Å². The van der Waals surface area contributed by atoms with Crippen LogP contribution < -0.4 is 32.3 Å². The van der Waals surface area contributed by atoms with Crippen molar-refractivity contribution in [1.29, 1.82) is 0 Å². The predicted molar refractivity (Wildman–Crippen MR) is 219 cm³/mol. The first-order chi connectivity index (χ1) is 26.9. The molecule has 2 aromatic rings. The molecule has 8 N–H and O–H groups in total. The van der Waals surface area contributed by atoms with Gasteiger partial charge in [0.1, 0.15) is 18.1 Å². The largest absolute Gasteiger partial charge is 0.467 e. The van der Waals surface area contributed by atoms with Gasteiger partial charge in [0.15, 0.2) is 12.2 Å². The van der Waals surface area contributed by atoms with Crippen molar-refractivity contribution in [3.8, 4) is 0 Å². The highest BCUT2D eigenvalue weighted by atomic mass is 16.5. The van der Waals surface area contributed by atoms with Crippen LogP contribution in [0.15, 0.2) is 54.6 Å². The summed E-state index contributed by atoms with van der Waals surface area (Å²) >= 11 is 0. The van der Waals surface area contributed by atoms with Crippen molar-refractivity contribution in [3.05, 3.63) is 71.3 Å². The van der Waals surface area contributed by atoms with E-state index in [9.17, 15) is 33.9 Å². The third-order valence-electron chi connectivity index (χ3n) is 9.57. The number of nitrogens with two attached hydrogens (primary N) is 1. The molecule has 15 nitrogen and oxygen atoms in total. The molecule has 0 aliphatic rings. The zero-order chi connectivity index (χ0) is 42.7. The van der Waals surface area contributed by atoms with Crippen molar-refractivity contribution in [1.82, 2.24) is 31.5 Å². The number of amides is 5. The number of methoxy groups -OCH3 is 1. The molecule has 0 heterocycles. The summed E-state index contributed by atoms with van der Waals surface area (Å²) < 4.78 is 4.67. The molecule has 0 aliphatic heterocycles. The number of ether oxygens (including phenoxy) is 1. The van der Waals surface area contributed by atoms with E-state index in [1.54, 1.807) is 24.3 Å². The van der Waals surface area contributed by atoms with Crippen LogP contribution in [-0.4, -0.2) is 109 Å². The van der Waals surface area contributed by atoms with E-state index in [0.717, 1.165) is 44.3 Å². The van der Waals surface area contributed by atoms with Gasteiger partial charge in [0.25, 0.3) is 11.8 Å². The van der Waals surface area contributed by atoms with E-state index in [-0.39, 0.29) is 30.6 Å². The number of nitrogens with one attached hydrogen (secondary N) is 5. The molecule has 15 heteroatoms. The summed E-state index contributed by atoms with van der Waals surface area (Å²) in [4.78, 5) is 82.0. The van der Waals surface area contributed by atoms with E-state index < -0.39 is 72.4 Å². The SMILES string of the molecule is CCN(CC)CCCC[C@H](NC(=O)[C@@H](CC(C)C)NC(=O)[C@H](N)NC(=O)[C@H](Cc1ccccc1)NC(=O)c1ccc(C(C)(C)C)cc1)C(=O)N[C@@H](CO)C(=O)OC. The van der Waals surface area contributed by atoms with Crippen molar-refractivity contribution in [2.45, 2.75) is 116 Å². The summed E-state index contributed by atoms with van der Waals surface area (Å²) in [6.07, 6.45) is 0.166. The van der Waals surface area contributed by atoms with Gasteiger partial charge >= 0.3 is 5.97 Å². The van der Waals surface area contributed by atoms with Gasteiger partial charge in [-0.2, -0.15) is 0 Å². The maximum Gasteiger partial charge on any atom is 0.330 e. The van der Waals surface area contributed by atoms with Crippen LogP contribution in [0.2, 0.25) is 0 Å². The van der Waals surface area contributed by atoms with Crippen LogP contribution in [0.4, 0.5) is 0 Å². The van der Waals surface area contributed by atoms with Crippen LogP contribution in [-0.2, 0) is 40.5 Å². The lowest BCUT2D eigenvalue weighted by Gasteiger charge is -2.27. The molecule has 0 aromatic heterocycles. The Morgan fingerprint density at radius 2 is 1.30 bits per heavy atom. The molecule has 0 saturated heterocycles. The minimum absolute atomic E-state index is 0.0887. The highest BCUT2D eigenvalue weighted by Crippen LogP contribution is 2.22. The fourth-order valence-electron chi connectivity index (χ4n) is 6.06. The molecular weight excluding hydrogens is 731 g/mol. The minimum Gasteiger partial charge on any atom is -0.467 e. The Labute approximate surface area is 337 Å². The van der Waals surface area contributed by atoms with Gasteiger partial charge in [-0.3, -0.25) is 24.0 Å². The van der Waals surface area contributed by atoms with Gasteiger partial charge < -0.3 is 47.1 Å². The lowest BCUT2D eigenvalue weighted by Crippen LogP contribution is -2.61. The van der Waals surface area contributed by atoms with Gasteiger partial charge in [-0.25, -0.2) is 4.79 Å². The van der Waals surface area contributed by atoms with Crippen molar-refractivity contribution in [2.24, 2.45) is 11.7 Å². The molecule has 0 radical (unpaired) electrons. The molecule has 0 aliphatic carbocycles. The standard InChI is InChI=1S/C42H65N7O8/c1-9-49(10-2)23-15-14-18-31(37(52)47-34(26-50)41(56)57-8)44-38(53)32(24-27(3)4)46-40(55)35(43)48-39(54)33(25-28-16-12-11-13-17-28)45-36(51)29-19-21-30(22-20-29)42(5,6)7/h11-13,16-17,19-22,27,31-35,50H,9-10,14-15,18,23-26,43H2,1-8H3,(H,44,53)(H,45,51)(H,46,55)(H,47,52)(H,48,54)/t31-,32+,33-,34-,35+/m0/s1. The number of unbranched alkanes of at least 4 members (excludes halogenated alkanes) is 1. The topological polar surface area (TPSA) is 221 Å². The zero-order valence-corrected chi connectivity index (χ0v) is 34.9. The molecule has 316 valence electrons. The molecule has 57 heavy (non-hydrogen) atoms. The summed E-state index contributed by atoms with van der Waals surface area (Å²) in [6.45, 7) is 15.8. The second-order valence-corrected chi connectivity index (χ2v) is 15.6. The van der Waals surface area contributed by atoms with Crippen LogP contribution in [0.3, 0.4) is 0 Å². The third kappa shape index (κ3) is 16.6. The number of aliphatic hydroxyl groups is 1. The Balaban J connectivity index is 2.23. The molecule has 0 bridgehead atoms. The van der Waals surface area contributed by atoms with Crippen molar-refractivity contribution in [2.75, 3.05) is 33.4 Å². The van der Waals surface area contributed by atoms with E-state index in [1.165, 1.54) is 0 Å². The van der Waals surface area contributed by atoms with E-state index >= 15 is 0 Å². The zero-order valence-electron chi connectivity index (χ0n) is 34.9. The van der Waals surface area contributed by atoms with Crippen molar-refractivity contribution >= 4 is 35.5 Å². The minimum atomic E-state index is -1.61. The first kappa shape index (κ1) is 48.3. The number of carbonyl (C=O) groups excluding carboxylic acids is 6.